The van der Waals surface area contributed by atoms with Crippen LogP contribution in [0.2, 0.25) is 0 Å². The topological polar surface area (TPSA) is 79.5 Å². The molecule has 0 aliphatic rings. The molecular weight excluding hydrogens is 276 g/mol. The van der Waals surface area contributed by atoms with Crippen LogP contribution in [0.5, 0.6) is 5.75 Å². The molecule has 0 fully saturated rings. The van der Waals surface area contributed by atoms with Gasteiger partial charge in [-0.05, 0) is 18.6 Å². The van der Waals surface area contributed by atoms with Crippen LogP contribution in [-0.4, -0.2) is 25.6 Å². The van der Waals surface area contributed by atoms with Crippen molar-refractivity contribution >= 4 is 27.9 Å². The molecule has 2 N–H and O–H groups in total. The highest BCUT2D eigenvalue weighted by molar-refractivity contribution is 7.16. The summed E-state index contributed by atoms with van der Waals surface area (Å²) in [5, 5.41) is 17.6. The number of carbonyl (C=O) groups excluding carboxylic acids is 1. The van der Waals surface area contributed by atoms with Crippen molar-refractivity contribution in [2.75, 3.05) is 5.32 Å². The van der Waals surface area contributed by atoms with Crippen LogP contribution in [0.3, 0.4) is 0 Å². The average Bonchev–Trinajstić information content (AvgIpc) is 3.00. The van der Waals surface area contributed by atoms with Gasteiger partial charge in [-0.15, -0.1) is 0 Å². The van der Waals surface area contributed by atoms with Gasteiger partial charge in [-0.25, -0.2) is 4.98 Å². The molecule has 0 saturated carbocycles. The van der Waals surface area contributed by atoms with E-state index in [1.807, 2.05) is 6.92 Å². The third-order valence-electron chi connectivity index (χ3n) is 2.81. The molecule has 0 bridgehead atoms. The van der Waals surface area contributed by atoms with Gasteiger partial charge in [-0.1, -0.05) is 30.4 Å². The molecule has 2 heterocycles. The fourth-order valence-corrected chi connectivity index (χ4v) is 2.60. The Balaban J connectivity index is 1.92. The number of hydrogen-bond acceptors (Lipinski definition) is 5. The maximum absolute atomic E-state index is 12.2. The van der Waals surface area contributed by atoms with Crippen LogP contribution >= 0.6 is 11.3 Å². The molecule has 2 aromatic heterocycles. The number of para-hydroxylation sites is 2. The van der Waals surface area contributed by atoms with Crippen LogP contribution < -0.4 is 5.32 Å². The first-order chi connectivity index (χ1) is 9.69. The standard InChI is InChI=1S/C13H12N4O2S/c1-2-11-16-17-9(7-14-13(17)20-11)12(19)15-8-5-3-4-6-10(8)18/h3-7,18H,2H2,1H3,(H,15,19). The minimum absolute atomic E-state index is 0.0223. The van der Waals surface area contributed by atoms with E-state index in [1.165, 1.54) is 28.1 Å². The van der Waals surface area contributed by atoms with E-state index in [0.29, 0.717) is 16.3 Å². The molecule has 3 aromatic rings. The highest BCUT2D eigenvalue weighted by Crippen LogP contribution is 2.23. The van der Waals surface area contributed by atoms with Gasteiger partial charge in [0.15, 0.2) is 5.69 Å². The van der Waals surface area contributed by atoms with Gasteiger partial charge in [0, 0.05) is 0 Å². The number of nitrogens with zero attached hydrogens (tertiary/aromatic N) is 3. The Labute approximate surface area is 118 Å². The number of anilines is 1. The van der Waals surface area contributed by atoms with Gasteiger partial charge in [0.1, 0.15) is 10.8 Å². The molecule has 0 atom stereocenters. The number of benzene rings is 1. The summed E-state index contributed by atoms with van der Waals surface area (Å²) < 4.78 is 1.53. The molecule has 1 aromatic carbocycles. The van der Waals surface area contributed by atoms with E-state index in [0.717, 1.165) is 11.4 Å². The van der Waals surface area contributed by atoms with Gasteiger partial charge in [0.2, 0.25) is 4.96 Å². The first-order valence-corrected chi connectivity index (χ1v) is 6.93. The van der Waals surface area contributed by atoms with Gasteiger partial charge >= 0.3 is 0 Å². The summed E-state index contributed by atoms with van der Waals surface area (Å²) in [5.74, 6) is -0.332. The molecule has 3 rings (SSSR count). The Morgan fingerprint density at radius 2 is 2.25 bits per heavy atom. The molecular formula is C13H12N4O2S. The van der Waals surface area contributed by atoms with Crippen molar-refractivity contribution in [1.82, 2.24) is 14.6 Å². The summed E-state index contributed by atoms with van der Waals surface area (Å²) in [5.41, 5.74) is 0.706. The van der Waals surface area contributed by atoms with Crippen molar-refractivity contribution in [1.29, 1.82) is 0 Å². The van der Waals surface area contributed by atoms with E-state index in [4.69, 9.17) is 0 Å². The smallest absolute Gasteiger partial charge is 0.276 e. The predicted octanol–water partition coefficient (Wildman–Crippen LogP) is 2.31. The van der Waals surface area contributed by atoms with E-state index in [-0.39, 0.29) is 11.7 Å². The fraction of sp³-hybridized carbons (Fsp3) is 0.154. The number of phenolic OH excluding ortho intramolecular Hbond substituents is 1. The zero-order chi connectivity index (χ0) is 14.1. The van der Waals surface area contributed by atoms with Gasteiger partial charge in [0.05, 0.1) is 11.9 Å². The van der Waals surface area contributed by atoms with Crippen molar-refractivity contribution in [2.24, 2.45) is 0 Å². The molecule has 102 valence electrons. The maximum atomic E-state index is 12.2. The van der Waals surface area contributed by atoms with Crippen molar-refractivity contribution in [3.05, 3.63) is 41.2 Å². The lowest BCUT2D eigenvalue weighted by atomic mass is 10.3. The van der Waals surface area contributed by atoms with Gasteiger partial charge in [-0.2, -0.15) is 9.61 Å². The van der Waals surface area contributed by atoms with Crippen molar-refractivity contribution in [2.45, 2.75) is 13.3 Å². The molecule has 0 radical (unpaired) electrons. The summed E-state index contributed by atoms with van der Waals surface area (Å²) in [7, 11) is 0. The van der Waals surface area contributed by atoms with Crippen LogP contribution in [0.25, 0.3) is 4.96 Å². The van der Waals surface area contributed by atoms with E-state index >= 15 is 0 Å². The Kier molecular flexibility index (Phi) is 3.11. The number of rotatable bonds is 3. The van der Waals surface area contributed by atoms with E-state index in [9.17, 15) is 9.90 Å². The number of nitrogens with one attached hydrogen (secondary N) is 1. The summed E-state index contributed by atoms with van der Waals surface area (Å²) in [4.78, 5) is 17.1. The third-order valence-corrected chi connectivity index (χ3v) is 3.88. The Morgan fingerprint density at radius 1 is 1.45 bits per heavy atom. The monoisotopic (exact) mass is 288 g/mol. The Bertz CT molecular complexity index is 778. The molecule has 0 saturated heterocycles. The number of hydrogen-bond donors (Lipinski definition) is 2. The van der Waals surface area contributed by atoms with Gasteiger partial charge in [-0.3, -0.25) is 4.79 Å². The minimum atomic E-state index is -0.355. The molecule has 6 nitrogen and oxygen atoms in total. The van der Waals surface area contributed by atoms with E-state index < -0.39 is 0 Å². The van der Waals surface area contributed by atoms with Crippen LogP contribution in [0.1, 0.15) is 22.4 Å². The highest BCUT2D eigenvalue weighted by Gasteiger charge is 2.16. The molecule has 0 aliphatic heterocycles. The zero-order valence-electron chi connectivity index (χ0n) is 10.7. The second-order valence-electron chi connectivity index (χ2n) is 4.16. The number of phenols is 1. The van der Waals surface area contributed by atoms with Crippen LogP contribution in [0.4, 0.5) is 5.69 Å². The SMILES string of the molecule is CCc1nn2c(C(=O)Nc3ccccc3O)cnc2s1. The van der Waals surface area contributed by atoms with Crippen LogP contribution in [-0.2, 0) is 6.42 Å². The quantitative estimate of drug-likeness (QED) is 0.725. The summed E-state index contributed by atoms with van der Waals surface area (Å²) in [6, 6.07) is 6.57. The van der Waals surface area contributed by atoms with E-state index in [2.05, 4.69) is 15.4 Å². The molecule has 20 heavy (non-hydrogen) atoms. The number of aromatic nitrogens is 3. The highest BCUT2D eigenvalue weighted by atomic mass is 32.1. The third kappa shape index (κ3) is 2.12. The number of fused-ring (bicyclic) bond motifs is 1. The second kappa shape index (κ2) is 4.93. The first kappa shape index (κ1) is 12.6. The number of imidazole rings is 1. The van der Waals surface area contributed by atoms with Crippen LogP contribution in [0.15, 0.2) is 30.5 Å². The number of amides is 1. The number of aromatic hydroxyl groups is 1. The number of aryl methyl sites for hydroxylation is 1. The molecule has 0 spiro atoms. The van der Waals surface area contributed by atoms with E-state index in [1.54, 1.807) is 18.2 Å². The summed E-state index contributed by atoms with van der Waals surface area (Å²) in [6.07, 6.45) is 2.28. The van der Waals surface area contributed by atoms with Gasteiger partial charge in [0.25, 0.3) is 5.91 Å². The Hall–Kier alpha value is -2.41. The fourth-order valence-electron chi connectivity index (χ4n) is 1.80. The summed E-state index contributed by atoms with van der Waals surface area (Å²) in [6.45, 7) is 2.00. The lowest BCUT2D eigenvalue weighted by Crippen LogP contribution is -2.14. The average molecular weight is 288 g/mol. The lowest BCUT2D eigenvalue weighted by molar-refractivity contribution is 0.102. The van der Waals surface area contributed by atoms with Crippen molar-refractivity contribution < 1.29 is 9.90 Å². The minimum Gasteiger partial charge on any atom is -0.506 e. The second-order valence-corrected chi connectivity index (χ2v) is 5.20. The molecule has 0 unspecified atom stereocenters. The van der Waals surface area contributed by atoms with Crippen LogP contribution in [0, 0.1) is 0 Å². The van der Waals surface area contributed by atoms with Crippen molar-refractivity contribution in [3.63, 3.8) is 0 Å². The first-order valence-electron chi connectivity index (χ1n) is 6.12. The van der Waals surface area contributed by atoms with Crippen molar-refractivity contribution in [3.8, 4) is 5.75 Å². The largest absolute Gasteiger partial charge is 0.506 e. The predicted molar refractivity (Wildman–Crippen MR) is 76.3 cm³/mol. The number of carbonyl (C=O) groups is 1. The molecule has 7 heteroatoms. The molecule has 1 amide bonds. The zero-order valence-corrected chi connectivity index (χ0v) is 11.5. The summed E-state index contributed by atoms with van der Waals surface area (Å²) >= 11 is 1.46. The normalized spacial score (nSPS) is 10.8. The lowest BCUT2D eigenvalue weighted by Gasteiger charge is -2.05. The Morgan fingerprint density at radius 3 is 3.00 bits per heavy atom. The van der Waals surface area contributed by atoms with Gasteiger partial charge < -0.3 is 10.4 Å². The maximum Gasteiger partial charge on any atom is 0.276 e. The molecule has 0 aliphatic carbocycles.